The van der Waals surface area contributed by atoms with Crippen LogP contribution in [0.25, 0.3) is 5.57 Å². The summed E-state index contributed by atoms with van der Waals surface area (Å²) in [5.74, 6) is -0.0219. The molecule has 0 aliphatic heterocycles. The molecule has 0 saturated carbocycles. The molecule has 1 aromatic carbocycles. The van der Waals surface area contributed by atoms with Crippen molar-refractivity contribution in [2.75, 3.05) is 7.05 Å². The summed E-state index contributed by atoms with van der Waals surface area (Å²) in [6, 6.07) is 9.90. The molecular weight excluding hydrogens is 174 g/mol. The minimum atomic E-state index is -0.0219. The van der Waals surface area contributed by atoms with Crippen molar-refractivity contribution >= 4 is 11.5 Å². The average molecular weight is 189 g/mol. The van der Waals surface area contributed by atoms with Crippen LogP contribution in [-0.4, -0.2) is 13.0 Å². The first-order valence-electron chi connectivity index (χ1n) is 4.61. The average Bonchev–Trinajstić information content (AvgIpc) is 2.27. The highest BCUT2D eigenvalue weighted by molar-refractivity contribution is 6.00. The van der Waals surface area contributed by atoms with Crippen molar-refractivity contribution in [1.82, 2.24) is 5.32 Å². The molecule has 74 valence electrons. The van der Waals surface area contributed by atoms with Gasteiger partial charge in [-0.25, -0.2) is 0 Å². The van der Waals surface area contributed by atoms with Crippen LogP contribution in [0.1, 0.15) is 19.4 Å². The predicted molar refractivity (Wildman–Crippen MR) is 58.8 cm³/mol. The van der Waals surface area contributed by atoms with Crippen LogP contribution in [0.5, 0.6) is 0 Å². The van der Waals surface area contributed by atoms with Crippen molar-refractivity contribution in [3.8, 4) is 0 Å². The van der Waals surface area contributed by atoms with Gasteiger partial charge in [-0.05, 0) is 25.0 Å². The molecule has 2 heteroatoms. The molecule has 1 N–H and O–H groups in total. The van der Waals surface area contributed by atoms with E-state index in [0.717, 1.165) is 16.7 Å². The number of carbonyl (C=O) groups excluding carboxylic acids is 1. The second-order valence-corrected chi connectivity index (χ2v) is 3.20. The van der Waals surface area contributed by atoms with E-state index in [1.807, 2.05) is 44.2 Å². The molecule has 0 unspecified atom stereocenters. The summed E-state index contributed by atoms with van der Waals surface area (Å²) >= 11 is 0. The summed E-state index contributed by atoms with van der Waals surface area (Å²) in [5.41, 5.74) is 2.87. The summed E-state index contributed by atoms with van der Waals surface area (Å²) in [7, 11) is 1.64. The van der Waals surface area contributed by atoms with Crippen LogP contribution < -0.4 is 5.32 Å². The van der Waals surface area contributed by atoms with Gasteiger partial charge in [0.05, 0.1) is 0 Å². The molecule has 0 heterocycles. The fourth-order valence-electron chi connectivity index (χ4n) is 1.26. The Morgan fingerprint density at radius 1 is 1.14 bits per heavy atom. The molecule has 2 nitrogen and oxygen atoms in total. The quantitative estimate of drug-likeness (QED) is 0.710. The maximum atomic E-state index is 11.4. The molecule has 0 spiro atoms. The second-order valence-electron chi connectivity index (χ2n) is 3.20. The maximum Gasteiger partial charge on any atom is 0.246 e. The SMILES string of the molecule is CNC(=O)/C(C)=C(/C)c1ccccc1. The van der Waals surface area contributed by atoms with Gasteiger partial charge in [0.25, 0.3) is 0 Å². The number of allylic oxidation sites excluding steroid dienone is 1. The molecule has 0 saturated heterocycles. The van der Waals surface area contributed by atoms with E-state index in [-0.39, 0.29) is 5.91 Å². The minimum absolute atomic E-state index is 0.0219. The topological polar surface area (TPSA) is 29.1 Å². The molecule has 0 bridgehead atoms. The van der Waals surface area contributed by atoms with Crippen molar-refractivity contribution < 1.29 is 4.79 Å². The van der Waals surface area contributed by atoms with Crippen molar-refractivity contribution in [2.45, 2.75) is 13.8 Å². The Bertz CT molecular complexity index is 352. The van der Waals surface area contributed by atoms with E-state index < -0.39 is 0 Å². The first-order chi connectivity index (χ1) is 6.66. The summed E-state index contributed by atoms with van der Waals surface area (Å²) in [6.07, 6.45) is 0. The van der Waals surface area contributed by atoms with E-state index in [4.69, 9.17) is 0 Å². The third-order valence-corrected chi connectivity index (χ3v) is 2.34. The number of rotatable bonds is 2. The molecule has 0 radical (unpaired) electrons. The minimum Gasteiger partial charge on any atom is -0.355 e. The van der Waals surface area contributed by atoms with Gasteiger partial charge in [0.1, 0.15) is 0 Å². The Morgan fingerprint density at radius 2 is 1.71 bits per heavy atom. The maximum absolute atomic E-state index is 11.4. The molecule has 14 heavy (non-hydrogen) atoms. The summed E-state index contributed by atoms with van der Waals surface area (Å²) < 4.78 is 0. The van der Waals surface area contributed by atoms with Gasteiger partial charge in [-0.15, -0.1) is 0 Å². The fourth-order valence-corrected chi connectivity index (χ4v) is 1.26. The van der Waals surface area contributed by atoms with Crippen LogP contribution in [0.15, 0.2) is 35.9 Å². The zero-order valence-corrected chi connectivity index (χ0v) is 8.79. The predicted octanol–water partition coefficient (Wildman–Crippen LogP) is 2.23. The van der Waals surface area contributed by atoms with Crippen LogP contribution in [0.4, 0.5) is 0 Å². The molecule has 0 aliphatic carbocycles. The lowest BCUT2D eigenvalue weighted by atomic mass is 10.0. The van der Waals surface area contributed by atoms with Crippen molar-refractivity contribution in [3.63, 3.8) is 0 Å². The third kappa shape index (κ3) is 2.22. The number of nitrogens with one attached hydrogen (secondary N) is 1. The van der Waals surface area contributed by atoms with E-state index in [1.54, 1.807) is 7.05 Å². The molecule has 1 rings (SSSR count). The van der Waals surface area contributed by atoms with Gasteiger partial charge in [-0.2, -0.15) is 0 Å². The smallest absolute Gasteiger partial charge is 0.246 e. The van der Waals surface area contributed by atoms with Crippen molar-refractivity contribution in [3.05, 3.63) is 41.5 Å². The number of carbonyl (C=O) groups is 1. The fraction of sp³-hybridized carbons (Fsp3) is 0.250. The molecule has 0 aromatic heterocycles. The first-order valence-corrected chi connectivity index (χ1v) is 4.61. The molecule has 1 amide bonds. The van der Waals surface area contributed by atoms with Crippen LogP contribution in [0.2, 0.25) is 0 Å². The van der Waals surface area contributed by atoms with E-state index >= 15 is 0 Å². The van der Waals surface area contributed by atoms with Crippen LogP contribution in [0.3, 0.4) is 0 Å². The van der Waals surface area contributed by atoms with Crippen LogP contribution in [-0.2, 0) is 4.79 Å². The first kappa shape index (κ1) is 10.5. The highest BCUT2D eigenvalue weighted by Gasteiger charge is 2.06. The highest BCUT2D eigenvalue weighted by atomic mass is 16.1. The van der Waals surface area contributed by atoms with Gasteiger partial charge in [0.15, 0.2) is 0 Å². The normalized spacial score (nSPS) is 11.9. The number of benzene rings is 1. The number of hydrogen-bond donors (Lipinski definition) is 1. The largest absolute Gasteiger partial charge is 0.355 e. The lowest BCUT2D eigenvalue weighted by Crippen LogP contribution is -2.19. The van der Waals surface area contributed by atoms with Gasteiger partial charge in [-0.3, -0.25) is 4.79 Å². The van der Waals surface area contributed by atoms with E-state index in [1.165, 1.54) is 0 Å². The Balaban J connectivity index is 3.05. The van der Waals surface area contributed by atoms with Gasteiger partial charge >= 0.3 is 0 Å². The Hall–Kier alpha value is -1.57. The number of amides is 1. The molecule has 0 atom stereocenters. The van der Waals surface area contributed by atoms with Crippen molar-refractivity contribution in [1.29, 1.82) is 0 Å². The zero-order chi connectivity index (χ0) is 10.6. The Kier molecular flexibility index (Phi) is 3.46. The zero-order valence-electron chi connectivity index (χ0n) is 8.79. The van der Waals surface area contributed by atoms with Gasteiger partial charge in [-0.1, -0.05) is 30.3 Å². The number of hydrogen-bond acceptors (Lipinski definition) is 1. The molecule has 0 fully saturated rings. The van der Waals surface area contributed by atoms with Crippen LogP contribution in [0, 0.1) is 0 Å². The van der Waals surface area contributed by atoms with E-state index in [2.05, 4.69) is 5.32 Å². The van der Waals surface area contributed by atoms with E-state index in [0.29, 0.717) is 0 Å². The van der Waals surface area contributed by atoms with E-state index in [9.17, 15) is 4.79 Å². The third-order valence-electron chi connectivity index (χ3n) is 2.34. The second kappa shape index (κ2) is 4.61. The molecular formula is C12H15NO. The lowest BCUT2D eigenvalue weighted by Gasteiger charge is -2.06. The van der Waals surface area contributed by atoms with Gasteiger partial charge in [0, 0.05) is 12.6 Å². The standard InChI is InChI=1S/C12H15NO/c1-9(10(2)12(14)13-3)11-7-5-4-6-8-11/h4-8H,1-3H3,(H,13,14)/b10-9-. The molecule has 0 aliphatic rings. The Labute approximate surface area is 84.6 Å². The lowest BCUT2D eigenvalue weighted by molar-refractivity contribution is -0.116. The summed E-state index contributed by atoms with van der Waals surface area (Å²) in [5, 5.41) is 2.62. The highest BCUT2D eigenvalue weighted by Crippen LogP contribution is 2.17. The summed E-state index contributed by atoms with van der Waals surface area (Å²) in [6.45, 7) is 3.79. The monoisotopic (exact) mass is 189 g/mol. The summed E-state index contributed by atoms with van der Waals surface area (Å²) in [4.78, 5) is 11.4. The number of likely N-dealkylation sites (N-methyl/N-ethyl adjacent to an activating group) is 1. The van der Waals surface area contributed by atoms with Gasteiger partial charge in [0.2, 0.25) is 5.91 Å². The van der Waals surface area contributed by atoms with Crippen molar-refractivity contribution in [2.24, 2.45) is 0 Å². The van der Waals surface area contributed by atoms with Gasteiger partial charge < -0.3 is 5.32 Å². The van der Waals surface area contributed by atoms with Crippen LogP contribution >= 0.6 is 0 Å². The molecule has 1 aromatic rings. The Morgan fingerprint density at radius 3 is 2.21 bits per heavy atom.